The minimum absolute atomic E-state index is 0. The molecular formula is H8BF2LiO7S. The van der Waals surface area contributed by atoms with Crippen LogP contribution in [0.2, 0.25) is 0 Å². The SMILES string of the molecule is F.F.O=S(=O)(O)O.OB(O)O.[LiH]. The monoisotopic (exact) mass is 208 g/mol. The summed E-state index contributed by atoms with van der Waals surface area (Å²) in [6.07, 6.45) is 0. The number of rotatable bonds is 0. The molecule has 0 atom stereocenters. The summed E-state index contributed by atoms with van der Waals surface area (Å²) >= 11 is 0. The van der Waals surface area contributed by atoms with E-state index in [1.165, 1.54) is 0 Å². The Labute approximate surface area is 79.1 Å². The van der Waals surface area contributed by atoms with Crippen molar-refractivity contribution in [1.82, 2.24) is 0 Å². The molecule has 0 aliphatic carbocycles. The molecule has 0 aromatic heterocycles. The van der Waals surface area contributed by atoms with Gasteiger partial charge in [-0.05, 0) is 0 Å². The molecule has 0 bridgehead atoms. The Kier molecular flexibility index (Phi) is 34.0. The van der Waals surface area contributed by atoms with Gasteiger partial charge in [-0.3, -0.25) is 18.5 Å². The zero-order valence-corrected chi connectivity index (χ0v) is 5.67. The molecule has 12 heteroatoms. The van der Waals surface area contributed by atoms with Crippen LogP contribution < -0.4 is 0 Å². The van der Waals surface area contributed by atoms with E-state index in [-0.39, 0.29) is 28.3 Å². The molecule has 7 nitrogen and oxygen atoms in total. The van der Waals surface area contributed by atoms with Crippen LogP contribution in [0.5, 0.6) is 0 Å². The van der Waals surface area contributed by atoms with E-state index < -0.39 is 17.7 Å². The first kappa shape index (κ1) is 29.5. The van der Waals surface area contributed by atoms with E-state index in [1.54, 1.807) is 0 Å². The molecule has 0 spiro atoms. The van der Waals surface area contributed by atoms with Gasteiger partial charge in [0.25, 0.3) is 0 Å². The molecule has 0 amide bonds. The average Bonchev–Trinajstić information content (AvgIpc) is 1.19. The molecule has 0 unspecified atom stereocenters. The van der Waals surface area contributed by atoms with E-state index in [0.29, 0.717) is 0 Å². The van der Waals surface area contributed by atoms with Crippen molar-refractivity contribution in [3.05, 3.63) is 0 Å². The molecule has 0 radical (unpaired) electrons. The normalized spacial score (nSPS) is 7.08. The fourth-order valence-electron chi connectivity index (χ4n) is 0. The number of hydrogen-bond acceptors (Lipinski definition) is 5. The summed E-state index contributed by atoms with van der Waals surface area (Å²) in [7, 11) is -6.83. The van der Waals surface area contributed by atoms with Crippen LogP contribution in [0.15, 0.2) is 0 Å². The third kappa shape index (κ3) is 11900. The van der Waals surface area contributed by atoms with Crippen molar-refractivity contribution >= 4 is 36.6 Å². The van der Waals surface area contributed by atoms with Gasteiger partial charge in [-0.2, -0.15) is 8.42 Å². The number of hydrogen-bond donors (Lipinski definition) is 5. The summed E-state index contributed by atoms with van der Waals surface area (Å²) in [6, 6.07) is 0. The second-order valence-corrected chi connectivity index (χ2v) is 1.69. The van der Waals surface area contributed by atoms with Gasteiger partial charge in [0.05, 0.1) is 0 Å². The number of halogens is 2. The van der Waals surface area contributed by atoms with E-state index in [1.807, 2.05) is 0 Å². The Morgan fingerprint density at radius 3 is 0.917 bits per heavy atom. The van der Waals surface area contributed by atoms with Gasteiger partial charge in [0.2, 0.25) is 0 Å². The Hall–Kier alpha value is 0.272. The van der Waals surface area contributed by atoms with Gasteiger partial charge < -0.3 is 15.1 Å². The first-order valence-electron chi connectivity index (χ1n) is 1.47. The Bertz CT molecular complexity index is 133. The van der Waals surface area contributed by atoms with E-state index in [4.69, 9.17) is 32.6 Å². The molecule has 0 fully saturated rings. The van der Waals surface area contributed by atoms with E-state index in [2.05, 4.69) is 0 Å². The zero-order chi connectivity index (χ0) is 8.08. The Morgan fingerprint density at radius 2 is 0.917 bits per heavy atom. The molecular weight excluding hydrogens is 200 g/mol. The molecule has 0 aromatic carbocycles. The van der Waals surface area contributed by atoms with E-state index in [0.717, 1.165) is 0 Å². The molecule has 74 valence electrons. The van der Waals surface area contributed by atoms with Crippen molar-refractivity contribution in [3.63, 3.8) is 0 Å². The minimum atomic E-state index is -4.67. The quantitative estimate of drug-likeness (QED) is 0.210. The van der Waals surface area contributed by atoms with Crippen LogP contribution in [0.3, 0.4) is 0 Å². The van der Waals surface area contributed by atoms with E-state index in [9.17, 15) is 0 Å². The van der Waals surface area contributed by atoms with Crippen molar-refractivity contribution in [3.8, 4) is 0 Å². The summed E-state index contributed by atoms with van der Waals surface area (Å²) in [5, 5.41) is 21.5. The van der Waals surface area contributed by atoms with Gasteiger partial charge in [0.15, 0.2) is 0 Å². The molecule has 0 heterocycles. The molecule has 0 saturated heterocycles. The van der Waals surface area contributed by atoms with Gasteiger partial charge in [0.1, 0.15) is 0 Å². The van der Waals surface area contributed by atoms with Crippen LogP contribution in [-0.4, -0.2) is 58.8 Å². The second-order valence-electron chi connectivity index (χ2n) is 0.794. The van der Waals surface area contributed by atoms with Crippen molar-refractivity contribution in [2.45, 2.75) is 0 Å². The third-order valence-corrected chi connectivity index (χ3v) is 0. The predicted octanol–water partition coefficient (Wildman–Crippen LogP) is -3.05. The molecule has 0 aliphatic heterocycles. The van der Waals surface area contributed by atoms with Crippen molar-refractivity contribution in [2.24, 2.45) is 0 Å². The van der Waals surface area contributed by atoms with Gasteiger partial charge in [-0.25, -0.2) is 0 Å². The van der Waals surface area contributed by atoms with Crippen molar-refractivity contribution in [2.75, 3.05) is 0 Å². The maximum atomic E-state index is 8.74. The first-order chi connectivity index (χ1) is 3.73. The summed E-state index contributed by atoms with van der Waals surface area (Å²) in [5.74, 6) is 0. The van der Waals surface area contributed by atoms with Gasteiger partial charge in [0, 0.05) is 0 Å². The van der Waals surface area contributed by atoms with Crippen molar-refractivity contribution in [1.29, 1.82) is 0 Å². The maximum absolute atomic E-state index is 8.74. The molecule has 0 saturated carbocycles. The second kappa shape index (κ2) is 13.8. The fourth-order valence-corrected chi connectivity index (χ4v) is 0. The predicted molar refractivity (Wildman–Crippen MR) is 38.7 cm³/mol. The topological polar surface area (TPSA) is 135 Å². The summed E-state index contributed by atoms with van der Waals surface area (Å²) in [5.41, 5.74) is 0. The van der Waals surface area contributed by atoms with Gasteiger partial charge in [-0.15, -0.1) is 0 Å². The van der Waals surface area contributed by atoms with Crippen LogP contribution in [-0.2, 0) is 10.4 Å². The molecule has 12 heavy (non-hydrogen) atoms. The zero-order valence-electron chi connectivity index (χ0n) is 4.85. The van der Waals surface area contributed by atoms with Gasteiger partial charge >= 0.3 is 36.6 Å². The standard InChI is InChI=1S/BH3O3.2FH.Li.H2O4S.H/c2-1(3)4;;;;1-5(2,3)4;/h2-4H;2*1H;;(H2,1,2,3,4);. The summed E-state index contributed by atoms with van der Waals surface area (Å²) < 4.78 is 31.6. The van der Waals surface area contributed by atoms with Gasteiger partial charge in [-0.1, -0.05) is 0 Å². The average molecular weight is 208 g/mol. The molecule has 5 N–H and O–H groups in total. The summed E-state index contributed by atoms with van der Waals surface area (Å²) in [4.78, 5) is 0. The van der Waals surface area contributed by atoms with Crippen molar-refractivity contribution < 1.29 is 42.0 Å². The van der Waals surface area contributed by atoms with Crippen LogP contribution in [0.4, 0.5) is 9.41 Å². The van der Waals surface area contributed by atoms with Crippen LogP contribution in [0, 0.1) is 0 Å². The molecule has 0 aliphatic rings. The Morgan fingerprint density at radius 1 is 0.917 bits per heavy atom. The molecule has 0 rings (SSSR count). The Balaban J connectivity index is -0.0000000221. The first-order valence-corrected chi connectivity index (χ1v) is 2.87. The van der Waals surface area contributed by atoms with Crippen LogP contribution >= 0.6 is 0 Å². The van der Waals surface area contributed by atoms with E-state index >= 15 is 0 Å². The fraction of sp³-hybridized carbons (Fsp3) is 0. The third-order valence-electron chi connectivity index (χ3n) is 0. The van der Waals surface area contributed by atoms with Crippen LogP contribution in [0.25, 0.3) is 0 Å². The van der Waals surface area contributed by atoms with Crippen LogP contribution in [0.1, 0.15) is 0 Å². The molecule has 0 aromatic rings. The summed E-state index contributed by atoms with van der Waals surface area (Å²) in [6.45, 7) is 0.